The maximum atomic E-state index is 12.6. The summed E-state index contributed by atoms with van der Waals surface area (Å²) in [6.07, 6.45) is 5.78. The average molecular weight is 384 g/mol. The van der Waals surface area contributed by atoms with Gasteiger partial charge in [0.05, 0.1) is 0 Å². The molecule has 1 atom stereocenters. The SMILES string of the molecule is Cc1ccccc1NC(=O)NC[C@H](c1cccnc1)c1cn(C)c2ccccc12. The summed E-state index contributed by atoms with van der Waals surface area (Å²) in [5.41, 5.74) is 5.25. The summed E-state index contributed by atoms with van der Waals surface area (Å²) in [5, 5.41) is 7.17. The number of aromatic nitrogens is 2. The molecule has 2 heterocycles. The molecule has 5 nitrogen and oxygen atoms in total. The number of fused-ring (bicyclic) bond motifs is 1. The number of aryl methyl sites for hydroxylation is 2. The van der Waals surface area contributed by atoms with Crippen LogP contribution in [0.5, 0.6) is 0 Å². The third-order valence-corrected chi connectivity index (χ3v) is 5.25. The summed E-state index contributed by atoms with van der Waals surface area (Å²) < 4.78 is 2.13. The average Bonchev–Trinajstić information content (AvgIpc) is 3.07. The topological polar surface area (TPSA) is 59.0 Å². The minimum Gasteiger partial charge on any atom is -0.350 e. The molecule has 2 aromatic heterocycles. The molecule has 0 bridgehead atoms. The van der Waals surface area contributed by atoms with Gasteiger partial charge in [-0.15, -0.1) is 0 Å². The monoisotopic (exact) mass is 384 g/mol. The van der Waals surface area contributed by atoms with Gasteiger partial charge in [0.2, 0.25) is 0 Å². The molecule has 5 heteroatoms. The first-order chi connectivity index (χ1) is 14.1. The first kappa shape index (κ1) is 18.7. The van der Waals surface area contributed by atoms with E-state index in [4.69, 9.17) is 0 Å². The smallest absolute Gasteiger partial charge is 0.319 e. The predicted octanol–water partition coefficient (Wildman–Crippen LogP) is 4.84. The Bertz CT molecular complexity index is 1130. The molecule has 0 radical (unpaired) electrons. The normalized spacial score (nSPS) is 11.9. The number of rotatable bonds is 5. The Morgan fingerprint density at radius 3 is 2.66 bits per heavy atom. The number of pyridine rings is 1. The van der Waals surface area contributed by atoms with Crippen LogP contribution in [-0.4, -0.2) is 22.1 Å². The molecular weight excluding hydrogens is 360 g/mol. The van der Waals surface area contributed by atoms with Crippen molar-refractivity contribution < 1.29 is 4.79 Å². The van der Waals surface area contributed by atoms with Crippen LogP contribution in [0.25, 0.3) is 10.9 Å². The van der Waals surface area contributed by atoms with E-state index in [2.05, 4.69) is 44.6 Å². The van der Waals surface area contributed by atoms with E-state index in [1.54, 1.807) is 6.20 Å². The second-order valence-electron chi connectivity index (χ2n) is 7.20. The van der Waals surface area contributed by atoms with Crippen LogP contribution in [0.15, 0.2) is 79.3 Å². The summed E-state index contributed by atoms with van der Waals surface area (Å²) >= 11 is 0. The van der Waals surface area contributed by atoms with Crippen molar-refractivity contribution in [3.8, 4) is 0 Å². The zero-order chi connectivity index (χ0) is 20.2. The van der Waals surface area contributed by atoms with Crippen molar-refractivity contribution in [2.45, 2.75) is 12.8 Å². The number of para-hydroxylation sites is 2. The number of nitrogens with one attached hydrogen (secondary N) is 2. The van der Waals surface area contributed by atoms with Crippen molar-refractivity contribution >= 4 is 22.6 Å². The second kappa shape index (κ2) is 8.19. The van der Waals surface area contributed by atoms with Gasteiger partial charge < -0.3 is 15.2 Å². The number of hydrogen-bond donors (Lipinski definition) is 2. The Balaban J connectivity index is 1.60. The molecule has 2 N–H and O–H groups in total. The first-order valence-electron chi connectivity index (χ1n) is 9.68. The number of nitrogens with zero attached hydrogens (tertiary/aromatic N) is 2. The molecule has 4 rings (SSSR count). The van der Waals surface area contributed by atoms with Crippen LogP contribution in [0, 0.1) is 6.92 Å². The summed E-state index contributed by atoms with van der Waals surface area (Å²) in [6, 6.07) is 19.8. The lowest BCUT2D eigenvalue weighted by Gasteiger charge is -2.18. The predicted molar refractivity (Wildman–Crippen MR) is 117 cm³/mol. The van der Waals surface area contributed by atoms with Crippen LogP contribution in [0.3, 0.4) is 0 Å². The molecule has 0 spiro atoms. The molecule has 0 aliphatic rings. The van der Waals surface area contributed by atoms with Gasteiger partial charge in [0.1, 0.15) is 0 Å². The van der Waals surface area contributed by atoms with E-state index in [9.17, 15) is 4.79 Å². The molecule has 0 saturated heterocycles. The van der Waals surface area contributed by atoms with Crippen molar-refractivity contribution in [1.29, 1.82) is 0 Å². The van der Waals surface area contributed by atoms with E-state index in [1.165, 1.54) is 16.5 Å². The lowest BCUT2D eigenvalue weighted by molar-refractivity contribution is 0.252. The van der Waals surface area contributed by atoms with Crippen molar-refractivity contribution in [2.24, 2.45) is 7.05 Å². The molecule has 0 saturated carbocycles. The fourth-order valence-corrected chi connectivity index (χ4v) is 3.71. The van der Waals surface area contributed by atoms with E-state index in [-0.39, 0.29) is 11.9 Å². The number of hydrogen-bond acceptors (Lipinski definition) is 2. The maximum Gasteiger partial charge on any atom is 0.319 e. The largest absolute Gasteiger partial charge is 0.350 e. The van der Waals surface area contributed by atoms with Gasteiger partial charge in [0.15, 0.2) is 0 Å². The van der Waals surface area contributed by atoms with Crippen LogP contribution in [0.4, 0.5) is 10.5 Å². The molecule has 4 aromatic rings. The number of carbonyl (C=O) groups is 1. The second-order valence-corrected chi connectivity index (χ2v) is 7.20. The molecule has 29 heavy (non-hydrogen) atoms. The highest BCUT2D eigenvalue weighted by molar-refractivity contribution is 5.90. The van der Waals surface area contributed by atoms with E-state index < -0.39 is 0 Å². The third-order valence-electron chi connectivity index (χ3n) is 5.25. The quantitative estimate of drug-likeness (QED) is 0.517. The minimum atomic E-state index is -0.214. The van der Waals surface area contributed by atoms with Crippen LogP contribution in [-0.2, 0) is 7.05 Å². The van der Waals surface area contributed by atoms with Crippen molar-refractivity contribution in [1.82, 2.24) is 14.9 Å². The highest BCUT2D eigenvalue weighted by Gasteiger charge is 2.20. The number of amides is 2. The van der Waals surface area contributed by atoms with Gasteiger partial charge in [0.25, 0.3) is 0 Å². The van der Waals surface area contributed by atoms with Crippen molar-refractivity contribution in [3.05, 3.63) is 95.9 Å². The van der Waals surface area contributed by atoms with Gasteiger partial charge in [-0.25, -0.2) is 4.79 Å². The molecule has 2 amide bonds. The number of benzene rings is 2. The lowest BCUT2D eigenvalue weighted by atomic mass is 9.92. The molecule has 2 aromatic carbocycles. The van der Waals surface area contributed by atoms with Gasteiger partial charge in [-0.05, 0) is 41.8 Å². The zero-order valence-corrected chi connectivity index (χ0v) is 16.6. The van der Waals surface area contributed by atoms with Crippen LogP contribution in [0.1, 0.15) is 22.6 Å². The molecule has 146 valence electrons. The number of anilines is 1. The van der Waals surface area contributed by atoms with E-state index in [1.807, 2.05) is 62.6 Å². The van der Waals surface area contributed by atoms with E-state index in [0.29, 0.717) is 6.54 Å². The van der Waals surface area contributed by atoms with Crippen molar-refractivity contribution in [2.75, 3.05) is 11.9 Å². The van der Waals surface area contributed by atoms with Crippen LogP contribution < -0.4 is 10.6 Å². The summed E-state index contributed by atoms with van der Waals surface area (Å²) in [5.74, 6) is -0.00239. The standard InChI is InChI=1S/C24H24N4O/c1-17-8-3-5-11-22(17)27-24(29)26-15-20(18-9-7-13-25-14-18)21-16-28(2)23-12-6-4-10-19(21)23/h3-14,16,20H,15H2,1-2H3,(H2,26,27,29)/t20-/m1/s1. The molecule has 0 unspecified atom stereocenters. The van der Waals surface area contributed by atoms with Crippen molar-refractivity contribution in [3.63, 3.8) is 0 Å². The molecule has 0 aliphatic heterocycles. The minimum absolute atomic E-state index is 0.00239. The van der Waals surface area contributed by atoms with Gasteiger partial charge in [0, 0.05) is 54.7 Å². The molecular formula is C24H24N4O. The fourth-order valence-electron chi connectivity index (χ4n) is 3.71. The van der Waals surface area contributed by atoms with Crippen LogP contribution >= 0.6 is 0 Å². The molecule has 0 fully saturated rings. The molecule has 0 aliphatic carbocycles. The summed E-state index contributed by atoms with van der Waals surface area (Å²) in [7, 11) is 2.05. The van der Waals surface area contributed by atoms with Gasteiger partial charge in [-0.3, -0.25) is 4.98 Å². The Morgan fingerprint density at radius 1 is 1.07 bits per heavy atom. The Morgan fingerprint density at radius 2 is 1.86 bits per heavy atom. The van der Waals surface area contributed by atoms with Gasteiger partial charge in [-0.1, -0.05) is 42.5 Å². The Hall–Kier alpha value is -3.60. The number of urea groups is 1. The van der Waals surface area contributed by atoms with Crippen LogP contribution in [0.2, 0.25) is 0 Å². The Labute approximate surface area is 170 Å². The third kappa shape index (κ3) is 3.99. The summed E-state index contributed by atoms with van der Waals surface area (Å²) in [4.78, 5) is 16.8. The Kier molecular flexibility index (Phi) is 5.29. The highest BCUT2D eigenvalue weighted by atomic mass is 16.2. The lowest BCUT2D eigenvalue weighted by Crippen LogP contribution is -2.33. The summed E-state index contributed by atoms with van der Waals surface area (Å²) in [6.45, 7) is 2.45. The fraction of sp³-hybridized carbons (Fsp3) is 0.167. The maximum absolute atomic E-state index is 12.6. The highest BCUT2D eigenvalue weighted by Crippen LogP contribution is 2.31. The van der Waals surface area contributed by atoms with Gasteiger partial charge in [-0.2, -0.15) is 0 Å². The number of carbonyl (C=O) groups excluding carboxylic acids is 1. The first-order valence-corrected chi connectivity index (χ1v) is 9.68. The van der Waals surface area contributed by atoms with Gasteiger partial charge >= 0.3 is 6.03 Å². The van der Waals surface area contributed by atoms with E-state index in [0.717, 1.165) is 16.8 Å². The van der Waals surface area contributed by atoms with E-state index >= 15 is 0 Å². The zero-order valence-electron chi connectivity index (χ0n) is 16.6.